The monoisotopic (exact) mass is 419 g/mol. The van der Waals surface area contributed by atoms with E-state index in [-0.39, 0.29) is 17.9 Å². The van der Waals surface area contributed by atoms with Gasteiger partial charge in [0.15, 0.2) is 5.76 Å². The first kappa shape index (κ1) is 21.1. The number of benzene rings is 2. The van der Waals surface area contributed by atoms with Crippen molar-refractivity contribution in [1.29, 1.82) is 0 Å². The summed E-state index contributed by atoms with van der Waals surface area (Å²) in [6, 6.07) is 17.8. The smallest absolute Gasteiger partial charge is 0.287 e. The summed E-state index contributed by atoms with van der Waals surface area (Å²) in [5.74, 6) is 1.01. The van der Waals surface area contributed by atoms with Crippen molar-refractivity contribution in [3.63, 3.8) is 0 Å². The van der Waals surface area contributed by atoms with Gasteiger partial charge in [0, 0.05) is 31.1 Å². The molecule has 2 amide bonds. The maximum Gasteiger partial charge on any atom is 0.287 e. The Morgan fingerprint density at radius 3 is 2.52 bits per heavy atom. The topological polar surface area (TPSA) is 65.8 Å². The Bertz CT molecular complexity index is 1060. The molecule has 0 unspecified atom stereocenters. The zero-order valence-corrected chi connectivity index (χ0v) is 18.1. The fraction of sp³-hybridized carbons (Fsp3) is 0.360. The van der Waals surface area contributed by atoms with Crippen LogP contribution in [-0.2, 0) is 4.79 Å². The highest BCUT2D eigenvalue weighted by atomic mass is 16.3. The maximum absolute atomic E-state index is 13.1. The third kappa shape index (κ3) is 4.80. The standard InChI is InChI=1S/C25H29N3O3/c1-3-28(22-10-6-8-19-7-4-5-9-21(19)22)24(29)17-27-15-13-20(14-16-27)26-25(30)23-12-11-18(2)31-23/h4-12,20H,3,13-17H2,1-2H3,(H,26,30). The van der Waals surface area contributed by atoms with Crippen LogP contribution in [0.15, 0.2) is 59.0 Å². The fourth-order valence-corrected chi connectivity index (χ4v) is 4.25. The number of carbonyl (C=O) groups excluding carboxylic acids is 2. The maximum atomic E-state index is 13.1. The number of amides is 2. The van der Waals surface area contributed by atoms with Gasteiger partial charge in [0.2, 0.25) is 5.91 Å². The number of nitrogens with one attached hydrogen (secondary N) is 1. The van der Waals surface area contributed by atoms with E-state index in [1.165, 1.54) is 0 Å². The number of carbonyl (C=O) groups is 2. The summed E-state index contributed by atoms with van der Waals surface area (Å²) in [7, 11) is 0. The second-order valence-electron chi connectivity index (χ2n) is 8.07. The Kier molecular flexibility index (Phi) is 6.37. The van der Waals surface area contributed by atoms with E-state index in [2.05, 4.69) is 28.4 Å². The minimum Gasteiger partial charge on any atom is -0.456 e. The molecule has 0 spiro atoms. The van der Waals surface area contributed by atoms with Crippen LogP contribution in [0.5, 0.6) is 0 Å². The van der Waals surface area contributed by atoms with Crippen LogP contribution >= 0.6 is 0 Å². The first-order valence-electron chi connectivity index (χ1n) is 10.9. The predicted molar refractivity (Wildman–Crippen MR) is 122 cm³/mol. The summed E-state index contributed by atoms with van der Waals surface area (Å²) in [5, 5.41) is 5.27. The Morgan fingerprint density at radius 2 is 1.81 bits per heavy atom. The molecule has 1 fully saturated rings. The molecule has 31 heavy (non-hydrogen) atoms. The van der Waals surface area contributed by atoms with E-state index in [0.29, 0.717) is 18.8 Å². The van der Waals surface area contributed by atoms with Gasteiger partial charge in [-0.05, 0) is 50.3 Å². The number of piperidine rings is 1. The normalized spacial score (nSPS) is 15.2. The van der Waals surface area contributed by atoms with Crippen LogP contribution < -0.4 is 10.2 Å². The van der Waals surface area contributed by atoms with Crippen LogP contribution in [0.25, 0.3) is 10.8 Å². The zero-order valence-electron chi connectivity index (χ0n) is 18.1. The second kappa shape index (κ2) is 9.35. The average molecular weight is 420 g/mol. The van der Waals surface area contributed by atoms with Gasteiger partial charge in [-0.2, -0.15) is 0 Å². The SMILES string of the molecule is CCN(C(=O)CN1CCC(NC(=O)c2ccc(C)o2)CC1)c1cccc2ccccc12. The van der Waals surface area contributed by atoms with E-state index < -0.39 is 0 Å². The summed E-state index contributed by atoms with van der Waals surface area (Å²) in [6.45, 7) is 6.40. The number of anilines is 1. The van der Waals surface area contributed by atoms with Crippen LogP contribution in [-0.4, -0.2) is 48.9 Å². The lowest BCUT2D eigenvalue weighted by molar-refractivity contribution is -0.120. The average Bonchev–Trinajstić information content (AvgIpc) is 3.22. The quantitative estimate of drug-likeness (QED) is 0.656. The van der Waals surface area contributed by atoms with Crippen molar-refractivity contribution in [2.45, 2.75) is 32.7 Å². The second-order valence-corrected chi connectivity index (χ2v) is 8.07. The van der Waals surface area contributed by atoms with Gasteiger partial charge in [-0.25, -0.2) is 0 Å². The van der Waals surface area contributed by atoms with Crippen molar-refractivity contribution in [1.82, 2.24) is 10.2 Å². The van der Waals surface area contributed by atoms with Gasteiger partial charge < -0.3 is 14.6 Å². The van der Waals surface area contributed by atoms with Gasteiger partial charge in [0.05, 0.1) is 12.2 Å². The van der Waals surface area contributed by atoms with Gasteiger partial charge in [-0.15, -0.1) is 0 Å². The number of furan rings is 1. The molecule has 0 radical (unpaired) electrons. The lowest BCUT2D eigenvalue weighted by Gasteiger charge is -2.33. The van der Waals surface area contributed by atoms with Crippen LogP contribution in [0.4, 0.5) is 5.69 Å². The zero-order chi connectivity index (χ0) is 21.8. The lowest BCUT2D eigenvalue weighted by Crippen LogP contribution is -2.48. The number of hydrogen-bond donors (Lipinski definition) is 1. The van der Waals surface area contributed by atoms with Gasteiger partial charge in [0.25, 0.3) is 5.91 Å². The van der Waals surface area contributed by atoms with Crippen LogP contribution in [0.2, 0.25) is 0 Å². The van der Waals surface area contributed by atoms with Crippen molar-refractivity contribution in [2.75, 3.05) is 31.1 Å². The van der Waals surface area contributed by atoms with Gasteiger partial charge >= 0.3 is 0 Å². The van der Waals surface area contributed by atoms with E-state index >= 15 is 0 Å². The summed E-state index contributed by atoms with van der Waals surface area (Å²) in [4.78, 5) is 29.5. The highest BCUT2D eigenvalue weighted by Crippen LogP contribution is 2.27. The third-order valence-corrected chi connectivity index (χ3v) is 5.92. The number of aryl methyl sites for hydroxylation is 1. The molecule has 1 N–H and O–H groups in total. The van der Waals surface area contributed by atoms with Crippen LogP contribution in [0.1, 0.15) is 36.1 Å². The van der Waals surface area contributed by atoms with Crippen molar-refractivity contribution >= 4 is 28.3 Å². The molecule has 1 aliphatic heterocycles. The van der Waals surface area contributed by atoms with Gasteiger partial charge in [-0.3, -0.25) is 14.5 Å². The van der Waals surface area contributed by atoms with Gasteiger partial charge in [-0.1, -0.05) is 36.4 Å². The number of fused-ring (bicyclic) bond motifs is 1. The molecule has 2 heterocycles. The molecule has 0 aliphatic carbocycles. The number of likely N-dealkylation sites (tertiary alicyclic amines) is 1. The number of nitrogens with zero attached hydrogens (tertiary/aromatic N) is 2. The molecule has 1 aliphatic rings. The van der Waals surface area contributed by atoms with E-state index in [1.807, 2.05) is 43.0 Å². The molecular formula is C25H29N3O3. The Balaban J connectivity index is 1.34. The number of hydrogen-bond acceptors (Lipinski definition) is 4. The van der Waals surface area contributed by atoms with E-state index in [1.54, 1.807) is 12.1 Å². The molecule has 0 saturated carbocycles. The van der Waals surface area contributed by atoms with E-state index in [4.69, 9.17) is 4.42 Å². The minimum absolute atomic E-state index is 0.101. The molecule has 4 rings (SSSR count). The first-order chi connectivity index (χ1) is 15.0. The molecule has 1 saturated heterocycles. The van der Waals surface area contributed by atoms with Crippen molar-refractivity contribution < 1.29 is 14.0 Å². The Labute approximate surface area is 182 Å². The summed E-state index contributed by atoms with van der Waals surface area (Å²) >= 11 is 0. The minimum atomic E-state index is -0.171. The van der Waals surface area contributed by atoms with E-state index in [0.717, 1.165) is 48.2 Å². The van der Waals surface area contributed by atoms with Crippen LogP contribution in [0.3, 0.4) is 0 Å². The Morgan fingerprint density at radius 1 is 1.06 bits per heavy atom. The highest BCUT2D eigenvalue weighted by Gasteiger charge is 2.25. The van der Waals surface area contributed by atoms with Crippen molar-refractivity contribution in [2.24, 2.45) is 0 Å². The number of likely N-dealkylation sites (N-methyl/N-ethyl adjacent to an activating group) is 1. The largest absolute Gasteiger partial charge is 0.456 e. The molecule has 2 aromatic carbocycles. The predicted octanol–water partition coefficient (Wildman–Crippen LogP) is 3.99. The summed E-state index contributed by atoms with van der Waals surface area (Å²) < 4.78 is 5.40. The lowest BCUT2D eigenvalue weighted by atomic mass is 10.0. The Hall–Kier alpha value is -3.12. The third-order valence-electron chi connectivity index (χ3n) is 5.92. The fourth-order valence-electron chi connectivity index (χ4n) is 4.25. The number of rotatable bonds is 6. The van der Waals surface area contributed by atoms with Crippen LogP contribution in [0, 0.1) is 6.92 Å². The molecule has 6 heteroatoms. The molecule has 162 valence electrons. The molecule has 1 aromatic heterocycles. The molecular weight excluding hydrogens is 390 g/mol. The van der Waals surface area contributed by atoms with E-state index in [9.17, 15) is 9.59 Å². The molecule has 3 aromatic rings. The molecule has 0 atom stereocenters. The first-order valence-corrected chi connectivity index (χ1v) is 10.9. The summed E-state index contributed by atoms with van der Waals surface area (Å²) in [6.07, 6.45) is 1.64. The van der Waals surface area contributed by atoms with Crippen molar-refractivity contribution in [3.8, 4) is 0 Å². The molecule has 0 bridgehead atoms. The van der Waals surface area contributed by atoms with Gasteiger partial charge in [0.1, 0.15) is 5.76 Å². The van der Waals surface area contributed by atoms with Crippen molar-refractivity contribution in [3.05, 3.63) is 66.1 Å². The highest BCUT2D eigenvalue weighted by molar-refractivity contribution is 6.04. The molecule has 6 nitrogen and oxygen atoms in total. The summed E-state index contributed by atoms with van der Waals surface area (Å²) in [5.41, 5.74) is 0.960.